The van der Waals surface area contributed by atoms with Gasteiger partial charge in [0.15, 0.2) is 0 Å². The SMILES string of the molecule is CCCNCCN1CCO[C@@H](CNCC)C1. The topological polar surface area (TPSA) is 36.5 Å². The Balaban J connectivity index is 2.07. The van der Waals surface area contributed by atoms with Gasteiger partial charge in [-0.3, -0.25) is 4.90 Å². The van der Waals surface area contributed by atoms with Crippen molar-refractivity contribution in [3.63, 3.8) is 0 Å². The molecule has 4 nitrogen and oxygen atoms in total. The van der Waals surface area contributed by atoms with Crippen molar-refractivity contribution in [3.05, 3.63) is 0 Å². The van der Waals surface area contributed by atoms with Crippen molar-refractivity contribution in [2.24, 2.45) is 0 Å². The number of nitrogens with one attached hydrogen (secondary N) is 2. The third-order valence-electron chi connectivity index (χ3n) is 2.88. The molecule has 1 fully saturated rings. The highest BCUT2D eigenvalue weighted by Gasteiger charge is 2.19. The third-order valence-corrected chi connectivity index (χ3v) is 2.88. The first kappa shape index (κ1) is 13.9. The minimum absolute atomic E-state index is 0.375. The molecule has 1 saturated heterocycles. The fourth-order valence-corrected chi connectivity index (χ4v) is 1.95. The van der Waals surface area contributed by atoms with Gasteiger partial charge in [-0.15, -0.1) is 0 Å². The molecule has 0 saturated carbocycles. The minimum atomic E-state index is 0.375. The second-order valence-corrected chi connectivity index (χ2v) is 4.35. The quantitative estimate of drug-likeness (QED) is 0.587. The largest absolute Gasteiger partial charge is 0.374 e. The molecule has 0 radical (unpaired) electrons. The van der Waals surface area contributed by atoms with Crippen LogP contribution in [0.25, 0.3) is 0 Å². The molecule has 0 aromatic carbocycles. The molecule has 96 valence electrons. The molecule has 1 aliphatic heterocycles. The number of nitrogens with zero attached hydrogens (tertiary/aromatic N) is 1. The van der Waals surface area contributed by atoms with E-state index in [-0.39, 0.29) is 0 Å². The number of rotatable bonds is 8. The first-order valence-corrected chi connectivity index (χ1v) is 6.62. The monoisotopic (exact) mass is 229 g/mol. The van der Waals surface area contributed by atoms with Crippen molar-refractivity contribution in [2.75, 3.05) is 52.4 Å². The maximum Gasteiger partial charge on any atom is 0.0826 e. The predicted octanol–water partition coefficient (Wildman–Crippen LogP) is 0.296. The third kappa shape index (κ3) is 5.80. The molecule has 1 atom stereocenters. The highest BCUT2D eigenvalue weighted by atomic mass is 16.5. The molecular weight excluding hydrogens is 202 g/mol. The maximum absolute atomic E-state index is 5.71. The number of ether oxygens (including phenoxy) is 1. The summed E-state index contributed by atoms with van der Waals surface area (Å²) in [4.78, 5) is 2.49. The molecule has 1 aliphatic rings. The van der Waals surface area contributed by atoms with Gasteiger partial charge >= 0.3 is 0 Å². The molecule has 1 heterocycles. The van der Waals surface area contributed by atoms with E-state index in [2.05, 4.69) is 29.4 Å². The molecule has 0 aromatic rings. The van der Waals surface area contributed by atoms with Gasteiger partial charge in [0, 0.05) is 32.7 Å². The maximum atomic E-state index is 5.71. The summed E-state index contributed by atoms with van der Waals surface area (Å²) in [6.45, 7) is 12.7. The van der Waals surface area contributed by atoms with E-state index >= 15 is 0 Å². The van der Waals surface area contributed by atoms with Gasteiger partial charge in [-0.25, -0.2) is 0 Å². The summed E-state index contributed by atoms with van der Waals surface area (Å²) in [6.07, 6.45) is 1.59. The molecule has 0 unspecified atom stereocenters. The van der Waals surface area contributed by atoms with E-state index in [0.717, 1.165) is 52.4 Å². The van der Waals surface area contributed by atoms with Crippen molar-refractivity contribution in [2.45, 2.75) is 26.4 Å². The Kier molecular flexibility index (Phi) is 7.76. The van der Waals surface area contributed by atoms with Gasteiger partial charge in [0.25, 0.3) is 0 Å². The Morgan fingerprint density at radius 2 is 2.12 bits per heavy atom. The zero-order valence-electron chi connectivity index (χ0n) is 10.8. The highest BCUT2D eigenvalue weighted by Crippen LogP contribution is 2.03. The lowest BCUT2D eigenvalue weighted by atomic mass is 10.2. The lowest BCUT2D eigenvalue weighted by molar-refractivity contribution is -0.0262. The molecule has 0 aliphatic carbocycles. The van der Waals surface area contributed by atoms with E-state index in [4.69, 9.17) is 4.74 Å². The van der Waals surface area contributed by atoms with Crippen LogP contribution in [0, 0.1) is 0 Å². The van der Waals surface area contributed by atoms with Crippen LogP contribution in [0.5, 0.6) is 0 Å². The van der Waals surface area contributed by atoms with Crippen LogP contribution in [-0.4, -0.2) is 63.4 Å². The number of morpholine rings is 1. The Morgan fingerprint density at radius 1 is 1.25 bits per heavy atom. The van der Waals surface area contributed by atoms with Gasteiger partial charge in [-0.2, -0.15) is 0 Å². The summed E-state index contributed by atoms with van der Waals surface area (Å²) in [5.74, 6) is 0. The van der Waals surface area contributed by atoms with E-state index in [1.807, 2.05) is 0 Å². The second-order valence-electron chi connectivity index (χ2n) is 4.35. The van der Waals surface area contributed by atoms with Crippen LogP contribution in [0.3, 0.4) is 0 Å². The van der Waals surface area contributed by atoms with Crippen LogP contribution in [0.1, 0.15) is 20.3 Å². The van der Waals surface area contributed by atoms with E-state index in [0.29, 0.717) is 6.10 Å². The number of hydrogen-bond acceptors (Lipinski definition) is 4. The van der Waals surface area contributed by atoms with Crippen LogP contribution in [0.4, 0.5) is 0 Å². The zero-order valence-corrected chi connectivity index (χ0v) is 10.8. The van der Waals surface area contributed by atoms with Crippen molar-refractivity contribution in [1.29, 1.82) is 0 Å². The summed E-state index contributed by atoms with van der Waals surface area (Å²) in [6, 6.07) is 0. The molecule has 16 heavy (non-hydrogen) atoms. The van der Waals surface area contributed by atoms with Crippen molar-refractivity contribution in [3.8, 4) is 0 Å². The van der Waals surface area contributed by atoms with Crippen molar-refractivity contribution < 1.29 is 4.74 Å². The van der Waals surface area contributed by atoms with Crippen molar-refractivity contribution in [1.82, 2.24) is 15.5 Å². The summed E-state index contributed by atoms with van der Waals surface area (Å²) < 4.78 is 5.71. The summed E-state index contributed by atoms with van der Waals surface area (Å²) >= 11 is 0. The average Bonchev–Trinajstić information content (AvgIpc) is 2.33. The molecule has 0 amide bonds. The molecule has 2 N–H and O–H groups in total. The van der Waals surface area contributed by atoms with Gasteiger partial charge in [0.2, 0.25) is 0 Å². The van der Waals surface area contributed by atoms with Gasteiger partial charge < -0.3 is 15.4 Å². The van der Waals surface area contributed by atoms with Crippen LogP contribution >= 0.6 is 0 Å². The molecule has 0 aromatic heterocycles. The van der Waals surface area contributed by atoms with Crippen LogP contribution in [-0.2, 0) is 4.74 Å². The number of likely N-dealkylation sites (N-methyl/N-ethyl adjacent to an activating group) is 1. The lowest BCUT2D eigenvalue weighted by Crippen LogP contribution is -2.48. The Morgan fingerprint density at radius 3 is 2.88 bits per heavy atom. The summed E-state index contributed by atoms with van der Waals surface area (Å²) in [5.41, 5.74) is 0. The first-order valence-electron chi connectivity index (χ1n) is 6.62. The molecular formula is C12H27N3O. The summed E-state index contributed by atoms with van der Waals surface area (Å²) in [5, 5.41) is 6.79. The first-order chi connectivity index (χ1) is 7.86. The average molecular weight is 229 g/mol. The normalized spacial score (nSPS) is 22.5. The highest BCUT2D eigenvalue weighted by molar-refractivity contribution is 4.73. The van der Waals surface area contributed by atoms with Gasteiger partial charge in [-0.05, 0) is 19.5 Å². The molecule has 4 heteroatoms. The Bertz CT molecular complexity index is 166. The van der Waals surface area contributed by atoms with Crippen LogP contribution in [0.2, 0.25) is 0 Å². The molecule has 1 rings (SSSR count). The summed E-state index contributed by atoms with van der Waals surface area (Å²) in [7, 11) is 0. The van der Waals surface area contributed by atoms with Crippen LogP contribution in [0.15, 0.2) is 0 Å². The zero-order chi connectivity index (χ0) is 11.6. The molecule has 0 spiro atoms. The van der Waals surface area contributed by atoms with Gasteiger partial charge in [0.1, 0.15) is 0 Å². The van der Waals surface area contributed by atoms with E-state index in [1.54, 1.807) is 0 Å². The lowest BCUT2D eigenvalue weighted by Gasteiger charge is -2.33. The Labute approximate surface area is 99.7 Å². The fraction of sp³-hybridized carbons (Fsp3) is 1.00. The van der Waals surface area contributed by atoms with E-state index in [9.17, 15) is 0 Å². The van der Waals surface area contributed by atoms with Crippen molar-refractivity contribution >= 4 is 0 Å². The second kappa shape index (κ2) is 8.93. The van der Waals surface area contributed by atoms with Gasteiger partial charge in [0.05, 0.1) is 12.7 Å². The van der Waals surface area contributed by atoms with Crippen LogP contribution < -0.4 is 10.6 Å². The van der Waals surface area contributed by atoms with E-state index in [1.165, 1.54) is 6.42 Å². The van der Waals surface area contributed by atoms with Gasteiger partial charge in [-0.1, -0.05) is 13.8 Å². The number of hydrogen-bond donors (Lipinski definition) is 2. The minimum Gasteiger partial charge on any atom is -0.374 e. The standard InChI is InChI=1S/C12H27N3O/c1-3-5-14-6-7-15-8-9-16-12(11-15)10-13-4-2/h12-14H,3-11H2,1-2H3/t12-/m0/s1. The fourth-order valence-electron chi connectivity index (χ4n) is 1.95. The predicted molar refractivity (Wildman–Crippen MR) is 67.9 cm³/mol. The smallest absolute Gasteiger partial charge is 0.0826 e. The molecule has 0 bridgehead atoms. The van der Waals surface area contributed by atoms with E-state index < -0.39 is 0 Å². The Hall–Kier alpha value is -0.160.